The number of nitrogens with zero attached hydrogens (tertiary/aromatic N) is 5. The molecule has 0 spiro atoms. The number of likely N-dealkylation sites (tertiary alicyclic amines) is 3. The second-order valence-corrected chi connectivity index (χ2v) is 12.7. The molecular formula is C32H43N5O2. The first-order valence-electron chi connectivity index (χ1n) is 15.0. The van der Waals surface area contributed by atoms with Crippen molar-refractivity contribution in [3.63, 3.8) is 0 Å². The Balaban J connectivity index is 1.07. The standard InChI is InChI=1S/C32H43N5O2/c1-23-30(24(2)34-22-33-23)31(39)37-18-26-16-35(17-27(26)19-37)14-12-32(28-10-4-3-5-11-28)13-15-36(21-32)20-29(38)25-8-6-7-9-25/h3-5,10-11,22,25-27H,6-9,12-21H2,1-2H3. The van der Waals surface area contributed by atoms with Crippen LogP contribution in [-0.4, -0.2) is 88.7 Å². The van der Waals surface area contributed by atoms with Gasteiger partial charge in [-0.15, -0.1) is 0 Å². The highest BCUT2D eigenvalue weighted by Crippen LogP contribution is 2.40. The summed E-state index contributed by atoms with van der Waals surface area (Å²) >= 11 is 0. The Hall–Kier alpha value is -2.64. The van der Waals surface area contributed by atoms with Crippen molar-refractivity contribution < 1.29 is 9.59 Å². The maximum Gasteiger partial charge on any atom is 0.257 e. The molecule has 6 rings (SSSR count). The average Bonchev–Trinajstić information content (AvgIpc) is 3.72. The average molecular weight is 530 g/mol. The van der Waals surface area contributed by atoms with Crippen LogP contribution in [0.1, 0.15) is 65.8 Å². The number of amides is 1. The molecule has 1 aromatic carbocycles. The first-order valence-corrected chi connectivity index (χ1v) is 15.0. The zero-order chi connectivity index (χ0) is 27.0. The minimum Gasteiger partial charge on any atom is -0.338 e. The van der Waals surface area contributed by atoms with Crippen LogP contribution in [0.4, 0.5) is 0 Å². The Bertz CT molecular complexity index is 1160. The SMILES string of the molecule is Cc1ncnc(C)c1C(=O)N1CC2CN(CCC3(c4ccccc4)CCN(CC(=O)C4CCCC4)C3)CC2C1. The highest BCUT2D eigenvalue weighted by atomic mass is 16.2. The number of fused-ring (bicyclic) bond motifs is 1. The van der Waals surface area contributed by atoms with Crippen LogP contribution in [0.3, 0.4) is 0 Å². The van der Waals surface area contributed by atoms with Crippen LogP contribution in [0.5, 0.6) is 0 Å². The molecule has 3 atom stereocenters. The molecule has 208 valence electrons. The molecule has 3 saturated heterocycles. The van der Waals surface area contributed by atoms with E-state index in [1.54, 1.807) is 0 Å². The molecule has 1 aromatic heterocycles. The number of hydrogen-bond donors (Lipinski definition) is 0. The Morgan fingerprint density at radius 3 is 2.26 bits per heavy atom. The monoisotopic (exact) mass is 529 g/mol. The lowest BCUT2D eigenvalue weighted by Crippen LogP contribution is -2.38. The molecule has 1 aliphatic carbocycles. The van der Waals surface area contributed by atoms with Crippen molar-refractivity contribution in [1.29, 1.82) is 0 Å². The summed E-state index contributed by atoms with van der Waals surface area (Å²) in [7, 11) is 0. The van der Waals surface area contributed by atoms with E-state index in [0.29, 0.717) is 35.6 Å². The summed E-state index contributed by atoms with van der Waals surface area (Å²) in [5.74, 6) is 1.93. The third-order valence-corrected chi connectivity index (χ3v) is 10.2. The van der Waals surface area contributed by atoms with Gasteiger partial charge < -0.3 is 9.80 Å². The van der Waals surface area contributed by atoms with Gasteiger partial charge in [-0.3, -0.25) is 14.5 Å². The highest BCUT2D eigenvalue weighted by Gasteiger charge is 2.44. The van der Waals surface area contributed by atoms with E-state index in [0.717, 1.165) is 82.9 Å². The summed E-state index contributed by atoms with van der Waals surface area (Å²) in [6.45, 7) is 11.3. The van der Waals surface area contributed by atoms with Crippen molar-refractivity contribution in [2.75, 3.05) is 52.4 Å². The van der Waals surface area contributed by atoms with Crippen molar-refractivity contribution in [3.05, 3.63) is 59.2 Å². The molecule has 0 radical (unpaired) electrons. The molecule has 39 heavy (non-hydrogen) atoms. The predicted octanol–water partition coefficient (Wildman–Crippen LogP) is 3.89. The molecule has 0 bridgehead atoms. The van der Waals surface area contributed by atoms with Gasteiger partial charge in [0.25, 0.3) is 5.91 Å². The summed E-state index contributed by atoms with van der Waals surface area (Å²) in [4.78, 5) is 41.9. The van der Waals surface area contributed by atoms with Gasteiger partial charge in [-0.05, 0) is 70.0 Å². The Labute approximate surface area is 233 Å². The first-order chi connectivity index (χ1) is 18.9. The summed E-state index contributed by atoms with van der Waals surface area (Å²) in [6, 6.07) is 11.0. The molecule has 3 aliphatic heterocycles. The molecule has 4 aliphatic rings. The quantitative estimate of drug-likeness (QED) is 0.517. The number of ketones is 1. The summed E-state index contributed by atoms with van der Waals surface area (Å²) in [6.07, 6.45) is 8.40. The number of rotatable bonds is 8. The Morgan fingerprint density at radius 2 is 1.59 bits per heavy atom. The van der Waals surface area contributed by atoms with E-state index in [9.17, 15) is 9.59 Å². The van der Waals surface area contributed by atoms with E-state index in [-0.39, 0.29) is 11.3 Å². The molecule has 4 fully saturated rings. The molecule has 0 N–H and O–H groups in total. The normalized spacial score (nSPS) is 27.9. The Morgan fingerprint density at radius 1 is 0.923 bits per heavy atom. The van der Waals surface area contributed by atoms with E-state index in [1.807, 2.05) is 18.7 Å². The minimum atomic E-state index is 0.0905. The van der Waals surface area contributed by atoms with Crippen LogP contribution < -0.4 is 0 Å². The number of carbonyl (C=O) groups is 2. The molecule has 3 unspecified atom stereocenters. The van der Waals surface area contributed by atoms with Crippen LogP contribution in [0, 0.1) is 31.6 Å². The fraction of sp³-hybridized carbons (Fsp3) is 0.625. The van der Waals surface area contributed by atoms with E-state index >= 15 is 0 Å². The molecular weight excluding hydrogens is 486 g/mol. The van der Waals surface area contributed by atoms with Gasteiger partial charge in [-0.25, -0.2) is 9.97 Å². The second kappa shape index (κ2) is 11.1. The number of hydrogen-bond acceptors (Lipinski definition) is 6. The third kappa shape index (κ3) is 5.40. The maximum absolute atomic E-state index is 13.3. The third-order valence-electron chi connectivity index (χ3n) is 10.2. The van der Waals surface area contributed by atoms with Crippen molar-refractivity contribution in [2.24, 2.45) is 17.8 Å². The van der Waals surface area contributed by atoms with Crippen molar-refractivity contribution >= 4 is 11.7 Å². The molecule has 4 heterocycles. The van der Waals surface area contributed by atoms with E-state index in [2.05, 4.69) is 50.1 Å². The van der Waals surface area contributed by atoms with Gasteiger partial charge in [-0.1, -0.05) is 43.2 Å². The van der Waals surface area contributed by atoms with Gasteiger partial charge >= 0.3 is 0 Å². The molecule has 1 saturated carbocycles. The summed E-state index contributed by atoms with van der Waals surface area (Å²) in [5.41, 5.74) is 3.75. The topological polar surface area (TPSA) is 69.6 Å². The van der Waals surface area contributed by atoms with Crippen molar-refractivity contribution in [1.82, 2.24) is 24.7 Å². The number of Topliss-reactive ketones (excluding diaryl/α,β-unsaturated/α-hetero) is 1. The molecule has 7 nitrogen and oxygen atoms in total. The molecule has 7 heteroatoms. The zero-order valence-electron chi connectivity index (χ0n) is 23.6. The minimum absolute atomic E-state index is 0.0905. The van der Waals surface area contributed by atoms with Gasteiger partial charge in [0, 0.05) is 44.1 Å². The largest absolute Gasteiger partial charge is 0.338 e. The fourth-order valence-electron chi connectivity index (χ4n) is 7.94. The summed E-state index contributed by atoms with van der Waals surface area (Å²) in [5, 5.41) is 0. The number of aryl methyl sites for hydroxylation is 2. The highest BCUT2D eigenvalue weighted by molar-refractivity contribution is 5.96. The predicted molar refractivity (Wildman–Crippen MR) is 152 cm³/mol. The van der Waals surface area contributed by atoms with Crippen LogP contribution in [0.15, 0.2) is 36.7 Å². The van der Waals surface area contributed by atoms with Gasteiger partial charge in [0.1, 0.15) is 12.1 Å². The molecule has 1 amide bonds. The second-order valence-electron chi connectivity index (χ2n) is 12.7. The first kappa shape index (κ1) is 26.6. The number of benzene rings is 1. The van der Waals surface area contributed by atoms with E-state index < -0.39 is 0 Å². The van der Waals surface area contributed by atoms with Gasteiger partial charge in [0.2, 0.25) is 0 Å². The van der Waals surface area contributed by atoms with Crippen molar-refractivity contribution in [2.45, 2.75) is 57.8 Å². The zero-order valence-corrected chi connectivity index (χ0v) is 23.6. The fourth-order valence-corrected chi connectivity index (χ4v) is 7.94. The van der Waals surface area contributed by atoms with Crippen molar-refractivity contribution in [3.8, 4) is 0 Å². The van der Waals surface area contributed by atoms with Gasteiger partial charge in [-0.2, -0.15) is 0 Å². The van der Waals surface area contributed by atoms with E-state index in [4.69, 9.17) is 0 Å². The lowest BCUT2D eigenvalue weighted by Gasteiger charge is -2.33. The lowest BCUT2D eigenvalue weighted by molar-refractivity contribution is -0.123. The summed E-state index contributed by atoms with van der Waals surface area (Å²) < 4.78 is 0. The number of carbonyl (C=O) groups excluding carboxylic acids is 2. The van der Waals surface area contributed by atoms with Gasteiger partial charge in [0.15, 0.2) is 0 Å². The van der Waals surface area contributed by atoms with Crippen LogP contribution in [0.25, 0.3) is 0 Å². The number of aromatic nitrogens is 2. The van der Waals surface area contributed by atoms with Gasteiger partial charge in [0.05, 0.1) is 23.5 Å². The van der Waals surface area contributed by atoms with Crippen LogP contribution >= 0.6 is 0 Å². The van der Waals surface area contributed by atoms with E-state index in [1.165, 1.54) is 24.7 Å². The Kier molecular flexibility index (Phi) is 7.56. The smallest absolute Gasteiger partial charge is 0.257 e. The van der Waals surface area contributed by atoms with Crippen LogP contribution in [0.2, 0.25) is 0 Å². The lowest BCUT2D eigenvalue weighted by atomic mass is 9.76. The van der Waals surface area contributed by atoms with Crippen LogP contribution in [-0.2, 0) is 10.2 Å². The maximum atomic E-state index is 13.3. The molecule has 2 aromatic rings.